The van der Waals surface area contributed by atoms with Gasteiger partial charge in [-0.05, 0) is 55.7 Å². The first kappa shape index (κ1) is 21.2. The molecule has 4 rings (SSSR count). The van der Waals surface area contributed by atoms with Crippen molar-refractivity contribution in [3.63, 3.8) is 0 Å². The predicted molar refractivity (Wildman–Crippen MR) is 123 cm³/mol. The smallest absolute Gasteiger partial charge is 0.259 e. The number of aromatic amines is 1. The van der Waals surface area contributed by atoms with Gasteiger partial charge in [0, 0.05) is 11.4 Å². The number of H-pyrrole nitrogens is 1. The average molecular weight is 426 g/mol. The maximum absolute atomic E-state index is 12.8. The molecule has 0 bridgehead atoms. The topological polar surface area (TPSA) is 69.2 Å². The highest BCUT2D eigenvalue weighted by Crippen LogP contribution is 2.34. The van der Waals surface area contributed by atoms with E-state index in [4.69, 9.17) is 4.98 Å². The Balaban J connectivity index is 1.50. The van der Waals surface area contributed by atoms with Crippen LogP contribution in [0.15, 0.2) is 35.1 Å². The van der Waals surface area contributed by atoms with Crippen molar-refractivity contribution in [1.29, 1.82) is 0 Å². The highest BCUT2D eigenvalue weighted by molar-refractivity contribution is 7.18. The summed E-state index contributed by atoms with van der Waals surface area (Å²) in [5.41, 5.74) is 2.34. The van der Waals surface area contributed by atoms with Crippen LogP contribution >= 0.6 is 11.3 Å². The molecule has 5 nitrogen and oxygen atoms in total. The fraction of sp³-hybridized carbons (Fsp3) is 0.500. The van der Waals surface area contributed by atoms with E-state index in [1.807, 2.05) is 30.3 Å². The van der Waals surface area contributed by atoms with E-state index >= 15 is 0 Å². The van der Waals surface area contributed by atoms with Gasteiger partial charge in [0.1, 0.15) is 10.7 Å². The van der Waals surface area contributed by atoms with E-state index < -0.39 is 6.10 Å². The summed E-state index contributed by atoms with van der Waals surface area (Å²) in [6.45, 7) is 6.39. The van der Waals surface area contributed by atoms with Gasteiger partial charge < -0.3 is 10.1 Å². The third-order valence-corrected chi connectivity index (χ3v) is 6.99. The second-order valence-corrected chi connectivity index (χ2v) is 9.89. The third-order valence-electron chi connectivity index (χ3n) is 5.80. The van der Waals surface area contributed by atoms with Crippen molar-refractivity contribution in [1.82, 2.24) is 14.9 Å². The minimum absolute atomic E-state index is 0.0111. The lowest BCUT2D eigenvalue weighted by Crippen LogP contribution is -2.35. The van der Waals surface area contributed by atoms with Crippen molar-refractivity contribution in [3.8, 4) is 0 Å². The molecule has 0 fully saturated rings. The van der Waals surface area contributed by atoms with Crippen LogP contribution in [-0.2, 0) is 25.8 Å². The van der Waals surface area contributed by atoms with Gasteiger partial charge in [0.25, 0.3) is 5.56 Å². The Labute approximate surface area is 181 Å². The van der Waals surface area contributed by atoms with Gasteiger partial charge >= 0.3 is 0 Å². The number of aliphatic hydroxyl groups excluding tert-OH is 1. The lowest BCUT2D eigenvalue weighted by molar-refractivity contribution is 0.104. The number of thiophene rings is 1. The van der Waals surface area contributed by atoms with Gasteiger partial charge in [-0.3, -0.25) is 9.69 Å². The normalized spacial score (nSPS) is 14.7. The van der Waals surface area contributed by atoms with E-state index in [0.717, 1.165) is 48.0 Å². The van der Waals surface area contributed by atoms with Crippen molar-refractivity contribution < 1.29 is 5.11 Å². The highest BCUT2D eigenvalue weighted by Gasteiger charge is 2.22. The quantitative estimate of drug-likeness (QED) is 0.545. The molecule has 0 radical (unpaired) electrons. The summed E-state index contributed by atoms with van der Waals surface area (Å²) in [4.78, 5) is 25.0. The molecule has 0 saturated carbocycles. The summed E-state index contributed by atoms with van der Waals surface area (Å²) in [7, 11) is 0. The fourth-order valence-corrected chi connectivity index (χ4v) is 5.54. The van der Waals surface area contributed by atoms with Gasteiger partial charge in [0.05, 0.1) is 18.0 Å². The molecule has 1 unspecified atom stereocenters. The standard InChI is InChI=1S/C24H31N3O2S/c1-16(2)11-12-27(14-18(28)13-17-7-4-3-5-8-17)15-21-25-23(29)22-19-9-6-10-20(19)30-24(22)26-21/h3-5,7-8,16,18,28H,6,9-15H2,1-2H3,(H,25,26,29). The van der Waals surface area contributed by atoms with Gasteiger partial charge in [-0.2, -0.15) is 0 Å². The summed E-state index contributed by atoms with van der Waals surface area (Å²) < 4.78 is 0. The Kier molecular flexibility index (Phi) is 6.66. The van der Waals surface area contributed by atoms with Gasteiger partial charge in [-0.1, -0.05) is 44.2 Å². The van der Waals surface area contributed by atoms with E-state index in [9.17, 15) is 9.90 Å². The Morgan fingerprint density at radius 3 is 2.80 bits per heavy atom. The molecule has 2 heterocycles. The number of rotatable bonds is 9. The van der Waals surface area contributed by atoms with Gasteiger partial charge in [0.15, 0.2) is 0 Å². The van der Waals surface area contributed by atoms with Crippen LogP contribution in [0, 0.1) is 5.92 Å². The second-order valence-electron chi connectivity index (χ2n) is 8.81. The number of aryl methyl sites for hydroxylation is 2. The van der Waals surface area contributed by atoms with Gasteiger partial charge in [0.2, 0.25) is 0 Å². The van der Waals surface area contributed by atoms with Crippen molar-refractivity contribution in [2.24, 2.45) is 5.92 Å². The molecule has 0 spiro atoms. The van der Waals surface area contributed by atoms with E-state index in [-0.39, 0.29) is 5.56 Å². The van der Waals surface area contributed by atoms with E-state index in [1.165, 1.54) is 10.4 Å². The summed E-state index contributed by atoms with van der Waals surface area (Å²) in [5, 5.41) is 11.5. The van der Waals surface area contributed by atoms with Crippen LogP contribution in [0.25, 0.3) is 10.2 Å². The van der Waals surface area contributed by atoms with Crippen LogP contribution in [0.4, 0.5) is 0 Å². The molecule has 30 heavy (non-hydrogen) atoms. The minimum Gasteiger partial charge on any atom is -0.391 e. The lowest BCUT2D eigenvalue weighted by atomic mass is 10.1. The highest BCUT2D eigenvalue weighted by atomic mass is 32.1. The fourth-order valence-electron chi connectivity index (χ4n) is 4.26. The van der Waals surface area contributed by atoms with Crippen LogP contribution < -0.4 is 5.56 Å². The molecule has 0 amide bonds. The number of hydrogen-bond donors (Lipinski definition) is 2. The first-order valence-corrected chi connectivity index (χ1v) is 11.8. The summed E-state index contributed by atoms with van der Waals surface area (Å²) in [6.07, 6.45) is 4.40. The summed E-state index contributed by atoms with van der Waals surface area (Å²) >= 11 is 1.68. The Bertz CT molecular complexity index is 1040. The van der Waals surface area contributed by atoms with Crippen molar-refractivity contribution in [2.75, 3.05) is 13.1 Å². The molecule has 2 aromatic heterocycles. The maximum Gasteiger partial charge on any atom is 0.259 e. The lowest BCUT2D eigenvalue weighted by Gasteiger charge is -2.25. The molecule has 1 aliphatic carbocycles. The average Bonchev–Trinajstić information content (AvgIpc) is 3.27. The van der Waals surface area contributed by atoms with Crippen LogP contribution in [0.2, 0.25) is 0 Å². The molecule has 3 aromatic rings. The zero-order valence-electron chi connectivity index (χ0n) is 17.9. The molecule has 2 N–H and O–H groups in total. The Morgan fingerprint density at radius 1 is 1.23 bits per heavy atom. The van der Waals surface area contributed by atoms with Gasteiger partial charge in [-0.25, -0.2) is 4.98 Å². The molecule has 6 heteroatoms. The number of aliphatic hydroxyl groups is 1. The van der Waals surface area contributed by atoms with Crippen molar-refractivity contribution >= 4 is 21.6 Å². The third kappa shape index (κ3) is 4.99. The first-order chi connectivity index (χ1) is 14.5. The van der Waals surface area contributed by atoms with Crippen molar-refractivity contribution in [2.45, 2.75) is 58.6 Å². The number of nitrogens with one attached hydrogen (secondary N) is 1. The summed E-state index contributed by atoms with van der Waals surface area (Å²) in [6, 6.07) is 10.1. The molecular formula is C24H31N3O2S. The van der Waals surface area contributed by atoms with Crippen LogP contribution in [0.1, 0.15) is 48.5 Å². The number of hydrogen-bond acceptors (Lipinski definition) is 5. The van der Waals surface area contributed by atoms with E-state index in [2.05, 4.69) is 23.7 Å². The van der Waals surface area contributed by atoms with Crippen molar-refractivity contribution in [3.05, 3.63) is 62.5 Å². The largest absolute Gasteiger partial charge is 0.391 e. The number of nitrogens with zero attached hydrogens (tertiary/aromatic N) is 2. The second kappa shape index (κ2) is 9.41. The first-order valence-electron chi connectivity index (χ1n) is 11.0. The number of fused-ring (bicyclic) bond motifs is 3. The SMILES string of the molecule is CC(C)CCN(Cc1nc2sc3c(c2c(=O)[nH]1)CCC3)CC(O)Cc1ccccc1. The van der Waals surface area contributed by atoms with Crippen LogP contribution in [-0.4, -0.2) is 39.2 Å². The van der Waals surface area contributed by atoms with Crippen LogP contribution in [0.3, 0.4) is 0 Å². The molecule has 0 saturated heterocycles. The predicted octanol–water partition coefficient (Wildman–Crippen LogP) is 3.93. The minimum atomic E-state index is -0.458. The Hall–Kier alpha value is -2.02. The zero-order valence-corrected chi connectivity index (χ0v) is 18.7. The van der Waals surface area contributed by atoms with Crippen LogP contribution in [0.5, 0.6) is 0 Å². The molecular weight excluding hydrogens is 394 g/mol. The molecule has 1 atom stereocenters. The molecule has 0 aliphatic heterocycles. The summed E-state index contributed by atoms with van der Waals surface area (Å²) in [5.74, 6) is 1.27. The zero-order chi connectivity index (χ0) is 21.1. The molecule has 160 valence electrons. The number of aromatic nitrogens is 2. The van der Waals surface area contributed by atoms with E-state index in [0.29, 0.717) is 31.3 Å². The van der Waals surface area contributed by atoms with E-state index in [1.54, 1.807) is 11.3 Å². The maximum atomic E-state index is 12.8. The number of benzene rings is 1. The Morgan fingerprint density at radius 2 is 2.03 bits per heavy atom. The monoisotopic (exact) mass is 425 g/mol. The molecule has 1 aliphatic rings. The molecule has 1 aromatic carbocycles. The van der Waals surface area contributed by atoms with Gasteiger partial charge in [-0.15, -0.1) is 11.3 Å².